The molecule has 1 fully saturated rings. The maximum absolute atomic E-state index is 11.7. The van der Waals surface area contributed by atoms with Crippen molar-refractivity contribution in [2.24, 2.45) is 11.8 Å². The second-order valence-electron chi connectivity index (χ2n) is 3.52. The van der Waals surface area contributed by atoms with Crippen molar-refractivity contribution in [1.29, 1.82) is 0 Å². The van der Waals surface area contributed by atoms with Gasteiger partial charge in [0.05, 0.1) is 0 Å². The van der Waals surface area contributed by atoms with E-state index < -0.39 is 0 Å². The van der Waals surface area contributed by atoms with Crippen LogP contribution in [-0.2, 0) is 0 Å². The molecule has 2 atom stereocenters. The summed E-state index contributed by atoms with van der Waals surface area (Å²) in [5.41, 5.74) is 0.767. The van der Waals surface area contributed by atoms with E-state index in [1.807, 2.05) is 30.3 Å². The molecule has 0 amide bonds. The van der Waals surface area contributed by atoms with Crippen molar-refractivity contribution in [3.05, 3.63) is 35.9 Å². The first kappa shape index (κ1) is 8.45. The number of hydrogen-bond acceptors (Lipinski definition) is 2. The second kappa shape index (κ2) is 3.30. The Bertz CT molecular complexity index is 305. The van der Waals surface area contributed by atoms with Crippen molar-refractivity contribution in [3.63, 3.8) is 0 Å². The van der Waals surface area contributed by atoms with E-state index in [0.29, 0.717) is 0 Å². The van der Waals surface area contributed by atoms with Gasteiger partial charge >= 0.3 is 0 Å². The number of aliphatic hydroxyl groups excluding tert-OH is 1. The van der Waals surface area contributed by atoms with Crippen LogP contribution in [0.4, 0.5) is 0 Å². The first-order valence-corrected chi connectivity index (χ1v) is 4.53. The lowest BCUT2D eigenvalue weighted by atomic mass is 10.1. The summed E-state index contributed by atoms with van der Waals surface area (Å²) in [7, 11) is 0. The maximum atomic E-state index is 11.7. The second-order valence-corrected chi connectivity index (χ2v) is 3.52. The van der Waals surface area contributed by atoms with Crippen LogP contribution in [0.3, 0.4) is 0 Å². The lowest BCUT2D eigenvalue weighted by Gasteiger charge is -1.97. The predicted octanol–water partition coefficient (Wildman–Crippen LogP) is 1.50. The number of benzene rings is 1. The van der Waals surface area contributed by atoms with Gasteiger partial charge in [0.1, 0.15) is 0 Å². The van der Waals surface area contributed by atoms with Gasteiger partial charge in [0.15, 0.2) is 5.78 Å². The summed E-state index contributed by atoms with van der Waals surface area (Å²) < 4.78 is 0. The molecule has 68 valence electrons. The zero-order valence-electron chi connectivity index (χ0n) is 7.31. The lowest BCUT2D eigenvalue weighted by Crippen LogP contribution is -2.04. The van der Waals surface area contributed by atoms with E-state index in [2.05, 4.69) is 0 Å². The summed E-state index contributed by atoms with van der Waals surface area (Å²) in [5, 5.41) is 8.82. The standard InChI is InChI=1S/C11H12O2/c12-7-9-6-10(9)11(13)8-4-2-1-3-5-8/h1-5,9-10,12H,6-7H2/t9-,10+/m1/s1. The number of hydrogen-bond donors (Lipinski definition) is 1. The molecule has 0 spiro atoms. The Hall–Kier alpha value is -1.15. The molecule has 1 aliphatic rings. The van der Waals surface area contributed by atoms with Gasteiger partial charge < -0.3 is 5.11 Å². The number of carbonyl (C=O) groups excluding carboxylic acids is 1. The molecule has 1 aromatic rings. The summed E-state index contributed by atoms with van der Waals surface area (Å²) in [6.07, 6.45) is 0.851. The van der Waals surface area contributed by atoms with Gasteiger partial charge in [-0.2, -0.15) is 0 Å². The van der Waals surface area contributed by atoms with Crippen LogP contribution in [0.15, 0.2) is 30.3 Å². The fraction of sp³-hybridized carbons (Fsp3) is 0.364. The zero-order valence-corrected chi connectivity index (χ0v) is 7.31. The van der Waals surface area contributed by atoms with E-state index in [1.54, 1.807) is 0 Å². The molecule has 0 aliphatic heterocycles. The normalized spacial score (nSPS) is 25.6. The van der Waals surface area contributed by atoms with Crippen molar-refractivity contribution >= 4 is 5.78 Å². The smallest absolute Gasteiger partial charge is 0.166 e. The van der Waals surface area contributed by atoms with Crippen molar-refractivity contribution in [1.82, 2.24) is 0 Å². The van der Waals surface area contributed by atoms with E-state index >= 15 is 0 Å². The topological polar surface area (TPSA) is 37.3 Å². The third-order valence-electron chi connectivity index (χ3n) is 2.55. The van der Waals surface area contributed by atoms with Gasteiger partial charge in [-0.05, 0) is 12.3 Å². The minimum absolute atomic E-state index is 0.0763. The SMILES string of the molecule is O=C(c1ccccc1)[C@H]1C[C@@H]1CO. The molecule has 0 unspecified atom stereocenters. The van der Waals surface area contributed by atoms with Gasteiger partial charge in [-0.15, -0.1) is 0 Å². The summed E-state index contributed by atoms with van der Waals surface area (Å²) in [6, 6.07) is 9.28. The van der Waals surface area contributed by atoms with Crippen LogP contribution in [0.2, 0.25) is 0 Å². The number of ketones is 1. The molecule has 0 heterocycles. The van der Waals surface area contributed by atoms with Gasteiger partial charge in [0, 0.05) is 18.1 Å². The predicted molar refractivity (Wildman–Crippen MR) is 49.5 cm³/mol. The first-order valence-electron chi connectivity index (χ1n) is 4.53. The Kier molecular flexibility index (Phi) is 2.15. The fourth-order valence-electron chi connectivity index (χ4n) is 1.59. The molecule has 1 aromatic carbocycles. The molecule has 1 N–H and O–H groups in total. The number of Topliss-reactive ketones (excluding diaryl/α,β-unsaturated/α-hetero) is 1. The molecule has 0 radical (unpaired) electrons. The number of rotatable bonds is 3. The highest BCUT2D eigenvalue weighted by atomic mass is 16.3. The monoisotopic (exact) mass is 176 g/mol. The molecule has 2 nitrogen and oxygen atoms in total. The summed E-state index contributed by atoms with van der Waals surface area (Å²) in [4.78, 5) is 11.7. The molecular weight excluding hydrogens is 164 g/mol. The third kappa shape index (κ3) is 1.63. The maximum Gasteiger partial charge on any atom is 0.166 e. The highest BCUT2D eigenvalue weighted by Crippen LogP contribution is 2.40. The van der Waals surface area contributed by atoms with Gasteiger partial charge in [-0.3, -0.25) is 4.79 Å². The van der Waals surface area contributed by atoms with Gasteiger partial charge in [0.25, 0.3) is 0 Å². The van der Waals surface area contributed by atoms with E-state index in [9.17, 15) is 4.79 Å². The Labute approximate surface area is 77.2 Å². The van der Waals surface area contributed by atoms with Crippen LogP contribution >= 0.6 is 0 Å². The molecule has 13 heavy (non-hydrogen) atoms. The molecule has 2 heteroatoms. The summed E-state index contributed by atoms with van der Waals surface area (Å²) in [5.74, 6) is 0.472. The zero-order chi connectivity index (χ0) is 9.26. The Morgan fingerprint density at radius 3 is 2.62 bits per heavy atom. The van der Waals surface area contributed by atoms with Crippen LogP contribution in [0.25, 0.3) is 0 Å². The average molecular weight is 176 g/mol. The fourth-order valence-corrected chi connectivity index (χ4v) is 1.59. The van der Waals surface area contributed by atoms with Crippen LogP contribution in [0.1, 0.15) is 16.8 Å². The largest absolute Gasteiger partial charge is 0.396 e. The molecular formula is C11H12O2. The first-order chi connectivity index (χ1) is 6.33. The Morgan fingerprint density at radius 1 is 1.38 bits per heavy atom. The van der Waals surface area contributed by atoms with Crippen LogP contribution in [0, 0.1) is 11.8 Å². The van der Waals surface area contributed by atoms with Crippen molar-refractivity contribution in [3.8, 4) is 0 Å². The van der Waals surface area contributed by atoms with Crippen LogP contribution < -0.4 is 0 Å². The Balaban J connectivity index is 2.07. The molecule has 1 aliphatic carbocycles. The van der Waals surface area contributed by atoms with E-state index in [1.165, 1.54) is 0 Å². The molecule has 0 bridgehead atoms. The van der Waals surface area contributed by atoms with Crippen molar-refractivity contribution in [2.45, 2.75) is 6.42 Å². The number of carbonyl (C=O) groups is 1. The van der Waals surface area contributed by atoms with Crippen molar-refractivity contribution in [2.75, 3.05) is 6.61 Å². The molecule has 1 saturated carbocycles. The quantitative estimate of drug-likeness (QED) is 0.708. The van der Waals surface area contributed by atoms with E-state index in [-0.39, 0.29) is 24.2 Å². The van der Waals surface area contributed by atoms with E-state index in [0.717, 1.165) is 12.0 Å². The third-order valence-corrected chi connectivity index (χ3v) is 2.55. The van der Waals surface area contributed by atoms with Crippen LogP contribution in [-0.4, -0.2) is 17.5 Å². The minimum atomic E-state index is 0.0763. The molecule has 2 rings (SSSR count). The lowest BCUT2D eigenvalue weighted by molar-refractivity contribution is 0.0954. The summed E-state index contributed by atoms with van der Waals surface area (Å²) in [6.45, 7) is 0.142. The van der Waals surface area contributed by atoms with E-state index in [4.69, 9.17) is 5.11 Å². The van der Waals surface area contributed by atoms with Gasteiger partial charge in [0.2, 0.25) is 0 Å². The molecule has 0 saturated heterocycles. The van der Waals surface area contributed by atoms with Gasteiger partial charge in [-0.1, -0.05) is 30.3 Å². The highest BCUT2D eigenvalue weighted by molar-refractivity contribution is 5.99. The minimum Gasteiger partial charge on any atom is -0.396 e. The highest BCUT2D eigenvalue weighted by Gasteiger charge is 2.42. The molecule has 0 aromatic heterocycles. The van der Waals surface area contributed by atoms with Crippen LogP contribution in [0.5, 0.6) is 0 Å². The average Bonchev–Trinajstić information content (AvgIpc) is 2.97. The number of aliphatic hydroxyl groups is 1. The van der Waals surface area contributed by atoms with Gasteiger partial charge in [-0.25, -0.2) is 0 Å². The Morgan fingerprint density at radius 2 is 2.08 bits per heavy atom. The summed E-state index contributed by atoms with van der Waals surface area (Å²) >= 11 is 0. The van der Waals surface area contributed by atoms with Crippen molar-refractivity contribution < 1.29 is 9.90 Å².